The molecule has 1 aliphatic rings. The van der Waals surface area contributed by atoms with Gasteiger partial charge in [-0.15, -0.1) is 0 Å². The number of aryl methyl sites for hydroxylation is 2. The molecule has 1 aromatic rings. The van der Waals surface area contributed by atoms with Crippen LogP contribution < -0.4 is 0 Å². The van der Waals surface area contributed by atoms with Crippen LogP contribution in [0.4, 0.5) is 10.6 Å². The van der Waals surface area contributed by atoms with Crippen molar-refractivity contribution in [3.05, 3.63) is 22.1 Å². The highest BCUT2D eigenvalue weighted by Crippen LogP contribution is 2.12. The first kappa shape index (κ1) is 19.7. The molecule has 1 aliphatic heterocycles. The van der Waals surface area contributed by atoms with Crippen LogP contribution in [0.3, 0.4) is 0 Å². The molecule has 144 valence electrons. The zero-order valence-corrected chi connectivity index (χ0v) is 15.4. The second-order valence-electron chi connectivity index (χ2n) is 6.69. The van der Waals surface area contributed by atoms with Crippen molar-refractivity contribution in [3.8, 4) is 0 Å². The van der Waals surface area contributed by atoms with Crippen molar-refractivity contribution in [2.75, 3.05) is 32.8 Å². The topological polar surface area (TPSA) is 111 Å². The van der Waals surface area contributed by atoms with E-state index in [1.165, 1.54) is 6.20 Å². The fraction of sp³-hybridized carbons (Fsp3) is 0.688. The van der Waals surface area contributed by atoms with E-state index in [1.54, 1.807) is 21.3 Å². The minimum Gasteiger partial charge on any atom is -0.449 e. The van der Waals surface area contributed by atoms with E-state index in [2.05, 4.69) is 4.98 Å². The highest BCUT2D eigenvalue weighted by Gasteiger charge is 2.25. The second kappa shape index (κ2) is 8.63. The molecule has 2 rings (SSSR count). The molecule has 0 spiro atoms. The van der Waals surface area contributed by atoms with Crippen molar-refractivity contribution in [1.29, 1.82) is 0 Å². The van der Waals surface area contributed by atoms with Crippen LogP contribution in [0.1, 0.15) is 26.1 Å². The van der Waals surface area contributed by atoms with Crippen LogP contribution in [0.2, 0.25) is 0 Å². The summed E-state index contributed by atoms with van der Waals surface area (Å²) in [6.45, 7) is 8.13. The summed E-state index contributed by atoms with van der Waals surface area (Å²) in [4.78, 5) is 41.6. The van der Waals surface area contributed by atoms with Gasteiger partial charge in [0.25, 0.3) is 0 Å². The van der Waals surface area contributed by atoms with E-state index in [0.717, 1.165) is 0 Å². The van der Waals surface area contributed by atoms with Crippen molar-refractivity contribution >= 4 is 17.8 Å². The predicted molar refractivity (Wildman–Crippen MR) is 92.6 cm³/mol. The van der Waals surface area contributed by atoms with E-state index in [9.17, 15) is 19.7 Å². The molecule has 0 bridgehead atoms. The second-order valence-corrected chi connectivity index (χ2v) is 6.69. The van der Waals surface area contributed by atoms with Crippen LogP contribution in [-0.4, -0.2) is 69.1 Å². The van der Waals surface area contributed by atoms with Crippen molar-refractivity contribution in [3.63, 3.8) is 0 Å². The number of amides is 2. The largest absolute Gasteiger partial charge is 0.449 e. The molecule has 1 fully saturated rings. The number of ether oxygens (including phenoxy) is 1. The molecule has 10 nitrogen and oxygen atoms in total. The maximum Gasteiger partial charge on any atom is 0.409 e. The number of carbonyl (C=O) groups is 2. The van der Waals surface area contributed by atoms with Crippen molar-refractivity contribution in [2.45, 2.75) is 33.7 Å². The Morgan fingerprint density at radius 1 is 1.27 bits per heavy atom. The van der Waals surface area contributed by atoms with Gasteiger partial charge in [0.15, 0.2) is 0 Å². The summed E-state index contributed by atoms with van der Waals surface area (Å²) in [6.07, 6.45) is 1.23. The lowest BCUT2D eigenvalue weighted by molar-refractivity contribution is -0.389. The van der Waals surface area contributed by atoms with E-state index in [-0.39, 0.29) is 30.2 Å². The van der Waals surface area contributed by atoms with E-state index in [4.69, 9.17) is 4.74 Å². The third kappa shape index (κ3) is 5.17. The van der Waals surface area contributed by atoms with Crippen LogP contribution in [0.15, 0.2) is 6.20 Å². The molecule has 0 aliphatic carbocycles. The molecule has 0 N–H and O–H groups in total. The summed E-state index contributed by atoms with van der Waals surface area (Å²) in [5.41, 5.74) is 0. The van der Waals surface area contributed by atoms with Crippen LogP contribution in [0.5, 0.6) is 0 Å². The molecule has 0 unspecified atom stereocenters. The molecular formula is C16H25N5O5. The van der Waals surface area contributed by atoms with Gasteiger partial charge >= 0.3 is 11.9 Å². The lowest BCUT2D eigenvalue weighted by atomic mass is 10.2. The molecule has 0 atom stereocenters. The zero-order valence-electron chi connectivity index (χ0n) is 15.4. The number of nitro groups is 1. The Balaban J connectivity index is 1.78. The van der Waals surface area contributed by atoms with Crippen molar-refractivity contribution in [1.82, 2.24) is 19.4 Å². The number of piperazine rings is 1. The van der Waals surface area contributed by atoms with Crippen molar-refractivity contribution in [2.24, 2.45) is 5.92 Å². The Labute approximate surface area is 151 Å². The number of carbonyl (C=O) groups excluding carboxylic acids is 2. The summed E-state index contributed by atoms with van der Waals surface area (Å²) in [6, 6.07) is 0. The summed E-state index contributed by atoms with van der Waals surface area (Å²) in [5.74, 6) is 0.519. The highest BCUT2D eigenvalue weighted by molar-refractivity contribution is 5.76. The van der Waals surface area contributed by atoms with E-state index < -0.39 is 4.92 Å². The van der Waals surface area contributed by atoms with E-state index >= 15 is 0 Å². The molecule has 10 heteroatoms. The van der Waals surface area contributed by atoms with Crippen LogP contribution in [-0.2, 0) is 16.1 Å². The summed E-state index contributed by atoms with van der Waals surface area (Å²) < 4.78 is 6.80. The fourth-order valence-electron chi connectivity index (χ4n) is 2.65. The Kier molecular flexibility index (Phi) is 6.53. The van der Waals surface area contributed by atoms with Crippen molar-refractivity contribution < 1.29 is 19.2 Å². The quantitative estimate of drug-likeness (QED) is 0.555. The summed E-state index contributed by atoms with van der Waals surface area (Å²) in [5, 5.41) is 10.7. The number of hydrogen-bond acceptors (Lipinski definition) is 6. The molecule has 1 aromatic heterocycles. The highest BCUT2D eigenvalue weighted by atomic mass is 16.6. The Morgan fingerprint density at radius 3 is 2.42 bits per heavy atom. The van der Waals surface area contributed by atoms with Gasteiger partial charge in [0, 0.05) is 46.1 Å². The predicted octanol–water partition coefficient (Wildman–Crippen LogP) is 1.43. The first-order chi connectivity index (χ1) is 12.3. The van der Waals surface area contributed by atoms with Gasteiger partial charge < -0.3 is 29.2 Å². The smallest absolute Gasteiger partial charge is 0.409 e. The average Bonchev–Trinajstić information content (AvgIpc) is 2.99. The molecule has 0 saturated carbocycles. The first-order valence-electron chi connectivity index (χ1n) is 8.65. The summed E-state index contributed by atoms with van der Waals surface area (Å²) in [7, 11) is 0. The number of rotatable bonds is 6. The lowest BCUT2D eigenvalue weighted by Gasteiger charge is -2.34. The van der Waals surface area contributed by atoms with Crippen LogP contribution >= 0.6 is 0 Å². The fourth-order valence-corrected chi connectivity index (χ4v) is 2.65. The van der Waals surface area contributed by atoms with Gasteiger partial charge in [0.05, 0.1) is 6.61 Å². The molecule has 1 saturated heterocycles. The molecule has 2 heterocycles. The summed E-state index contributed by atoms with van der Waals surface area (Å²) >= 11 is 0. The Morgan fingerprint density at radius 2 is 1.88 bits per heavy atom. The Bertz CT molecular complexity index is 664. The monoisotopic (exact) mass is 367 g/mol. The number of hydrogen-bond donors (Lipinski definition) is 0. The molecule has 26 heavy (non-hydrogen) atoms. The van der Waals surface area contributed by atoms with Gasteiger partial charge in [-0.1, -0.05) is 13.8 Å². The van der Waals surface area contributed by atoms with E-state index in [1.807, 2.05) is 13.8 Å². The van der Waals surface area contributed by atoms with Crippen LogP contribution in [0.25, 0.3) is 0 Å². The lowest BCUT2D eigenvalue weighted by Crippen LogP contribution is -2.51. The average molecular weight is 367 g/mol. The van der Waals surface area contributed by atoms with Gasteiger partial charge in [-0.05, 0) is 15.8 Å². The normalized spacial score (nSPS) is 14.6. The maximum atomic E-state index is 12.3. The standard InChI is InChI=1S/C16H25N5O5/c1-12(2)11-26-16(23)19-8-6-18(7-9-19)15(22)4-5-20-10-14(21(24)25)17-13(20)3/h10,12H,4-9,11H2,1-3H3. The molecule has 0 radical (unpaired) electrons. The van der Waals surface area contributed by atoms with Gasteiger partial charge in [0.2, 0.25) is 11.7 Å². The maximum absolute atomic E-state index is 12.3. The molecule has 2 amide bonds. The minimum absolute atomic E-state index is 0.0454. The van der Waals surface area contributed by atoms with Gasteiger partial charge in [0.1, 0.15) is 6.20 Å². The SMILES string of the molecule is Cc1nc([N+](=O)[O-])cn1CCC(=O)N1CCN(C(=O)OCC(C)C)CC1. The van der Waals surface area contributed by atoms with Gasteiger partial charge in [-0.25, -0.2) is 4.79 Å². The molecule has 0 aromatic carbocycles. The zero-order chi connectivity index (χ0) is 19.3. The minimum atomic E-state index is -0.553. The van der Waals surface area contributed by atoms with E-state index in [0.29, 0.717) is 45.2 Å². The number of imidazole rings is 1. The van der Waals surface area contributed by atoms with Crippen LogP contribution in [0, 0.1) is 23.0 Å². The van der Waals surface area contributed by atoms with Gasteiger partial charge in [-0.2, -0.15) is 0 Å². The molecular weight excluding hydrogens is 342 g/mol. The first-order valence-corrected chi connectivity index (χ1v) is 8.65. The van der Waals surface area contributed by atoms with Gasteiger partial charge in [-0.3, -0.25) is 4.79 Å². The number of nitrogens with zero attached hydrogens (tertiary/aromatic N) is 5. The third-order valence-corrected chi connectivity index (χ3v) is 4.15. The number of aromatic nitrogens is 2. The Hall–Kier alpha value is -2.65. The third-order valence-electron chi connectivity index (χ3n) is 4.15.